The van der Waals surface area contributed by atoms with Crippen molar-refractivity contribution in [1.82, 2.24) is 0 Å². The van der Waals surface area contributed by atoms with Crippen molar-refractivity contribution in [1.29, 1.82) is 0 Å². The number of hydrogen-bond donors (Lipinski definition) is 0. The zero-order valence-corrected chi connectivity index (χ0v) is 20.4. The summed E-state index contributed by atoms with van der Waals surface area (Å²) in [7, 11) is 3.07. The summed E-state index contributed by atoms with van der Waals surface area (Å²) >= 11 is 0. The highest BCUT2D eigenvalue weighted by molar-refractivity contribution is 6.10. The third kappa shape index (κ3) is 7.67. The number of benzene rings is 2. The lowest BCUT2D eigenvalue weighted by Gasteiger charge is -2.25. The largest absolute Gasteiger partial charge is 0.497 e. The van der Waals surface area contributed by atoms with Crippen LogP contribution in [0.25, 0.3) is 0 Å². The van der Waals surface area contributed by atoms with Crippen LogP contribution in [-0.2, 0) is 9.53 Å². The van der Waals surface area contributed by atoms with E-state index in [-0.39, 0.29) is 36.3 Å². The van der Waals surface area contributed by atoms with Crippen LogP contribution in [0.5, 0.6) is 17.2 Å². The van der Waals surface area contributed by atoms with E-state index in [1.807, 2.05) is 6.92 Å². The second kappa shape index (κ2) is 11.5. The topological polar surface area (TPSA) is 71.1 Å². The first kappa shape index (κ1) is 26.0. The summed E-state index contributed by atoms with van der Waals surface area (Å²) in [5.41, 5.74) is 1.74. The van der Waals surface area contributed by atoms with Crippen molar-refractivity contribution in [2.75, 3.05) is 27.4 Å². The molecular formula is C27H34O6. The molecule has 6 nitrogen and oxygen atoms in total. The van der Waals surface area contributed by atoms with Gasteiger partial charge < -0.3 is 18.9 Å². The van der Waals surface area contributed by atoms with Crippen LogP contribution < -0.4 is 14.2 Å². The number of esters is 1. The highest BCUT2D eigenvalue weighted by Crippen LogP contribution is 2.29. The summed E-state index contributed by atoms with van der Waals surface area (Å²) in [4.78, 5) is 25.3. The van der Waals surface area contributed by atoms with Crippen molar-refractivity contribution >= 4 is 11.8 Å². The minimum atomic E-state index is -0.328. The van der Waals surface area contributed by atoms with Crippen molar-refractivity contribution in [3.05, 3.63) is 65.7 Å². The number of carbonyl (C=O) groups excluding carboxylic acids is 2. The molecule has 33 heavy (non-hydrogen) atoms. The fraction of sp³-hybridized carbons (Fsp3) is 0.407. The molecule has 0 radical (unpaired) electrons. The molecule has 6 heteroatoms. The molecule has 1 unspecified atom stereocenters. The highest BCUT2D eigenvalue weighted by atomic mass is 16.6. The molecule has 0 aliphatic carbocycles. The van der Waals surface area contributed by atoms with Gasteiger partial charge in [0.2, 0.25) is 0 Å². The Kier molecular flexibility index (Phi) is 9.09. The standard InChI is InChI=1S/C27H34O6/c1-18(2)23(17-27(3,4)5)26(29)33-15-14-32-20-10-8-19(9-11-20)25(28)22-13-12-21(30-6)16-24(22)31-7/h8-13,16,23H,1,14-15,17H2,2-7H3. The minimum Gasteiger partial charge on any atom is -0.497 e. The Hall–Kier alpha value is -3.28. The molecule has 0 aromatic heterocycles. The fourth-order valence-corrected chi connectivity index (χ4v) is 3.32. The molecule has 0 saturated heterocycles. The van der Waals surface area contributed by atoms with Crippen LogP contribution in [-0.4, -0.2) is 39.2 Å². The lowest BCUT2D eigenvalue weighted by atomic mass is 9.82. The molecule has 0 N–H and O–H groups in total. The summed E-state index contributed by atoms with van der Waals surface area (Å²) in [6.45, 7) is 12.4. The van der Waals surface area contributed by atoms with Gasteiger partial charge in [0.05, 0.1) is 25.7 Å². The van der Waals surface area contributed by atoms with E-state index in [1.54, 1.807) is 49.6 Å². The smallest absolute Gasteiger partial charge is 0.313 e. The first-order chi connectivity index (χ1) is 15.6. The Morgan fingerprint density at radius 2 is 1.58 bits per heavy atom. The first-order valence-electron chi connectivity index (χ1n) is 10.9. The second-order valence-corrected chi connectivity index (χ2v) is 9.10. The van der Waals surface area contributed by atoms with E-state index in [0.29, 0.717) is 34.8 Å². The Balaban J connectivity index is 1.92. The zero-order valence-electron chi connectivity index (χ0n) is 20.4. The number of ether oxygens (including phenoxy) is 4. The quantitative estimate of drug-likeness (QED) is 0.194. The fourth-order valence-electron chi connectivity index (χ4n) is 3.32. The van der Waals surface area contributed by atoms with Gasteiger partial charge in [-0.05, 0) is 55.2 Å². The predicted octanol–water partition coefficient (Wildman–Crippen LogP) is 5.49. The summed E-state index contributed by atoms with van der Waals surface area (Å²) in [5.74, 6) is 0.859. The van der Waals surface area contributed by atoms with E-state index in [1.165, 1.54) is 7.11 Å². The maximum Gasteiger partial charge on any atom is 0.313 e. The number of rotatable bonds is 11. The number of methoxy groups -OCH3 is 2. The zero-order chi connectivity index (χ0) is 24.6. The molecule has 0 aliphatic rings. The van der Waals surface area contributed by atoms with Crippen LogP contribution in [0.1, 0.15) is 50.0 Å². The molecule has 0 heterocycles. The molecule has 0 fully saturated rings. The van der Waals surface area contributed by atoms with E-state index in [9.17, 15) is 9.59 Å². The summed E-state index contributed by atoms with van der Waals surface area (Å²) < 4.78 is 21.6. The normalized spacial score (nSPS) is 11.9. The lowest BCUT2D eigenvalue weighted by molar-refractivity contribution is -0.148. The SMILES string of the molecule is C=C(C)C(CC(C)(C)C)C(=O)OCCOc1ccc(C(=O)c2ccc(OC)cc2OC)cc1. The molecule has 0 saturated carbocycles. The number of ketones is 1. The van der Waals surface area contributed by atoms with Crippen LogP contribution >= 0.6 is 0 Å². The molecule has 2 aromatic rings. The second-order valence-electron chi connectivity index (χ2n) is 9.10. The van der Waals surface area contributed by atoms with Crippen LogP contribution in [0.15, 0.2) is 54.6 Å². The maximum atomic E-state index is 12.9. The Bertz CT molecular complexity index is 969. The molecule has 0 amide bonds. The highest BCUT2D eigenvalue weighted by Gasteiger charge is 2.26. The van der Waals surface area contributed by atoms with Crippen LogP contribution in [0, 0.1) is 11.3 Å². The Labute approximate surface area is 196 Å². The average Bonchev–Trinajstić information content (AvgIpc) is 2.78. The average molecular weight is 455 g/mol. The molecule has 0 bridgehead atoms. The van der Waals surface area contributed by atoms with Gasteiger partial charge >= 0.3 is 5.97 Å². The van der Waals surface area contributed by atoms with Crippen molar-refractivity contribution in [2.24, 2.45) is 11.3 Å². The molecule has 0 spiro atoms. The van der Waals surface area contributed by atoms with Crippen LogP contribution in [0.4, 0.5) is 0 Å². The van der Waals surface area contributed by atoms with Gasteiger partial charge in [0.25, 0.3) is 0 Å². The molecule has 0 aliphatic heterocycles. The molecule has 178 valence electrons. The van der Waals surface area contributed by atoms with Gasteiger partial charge in [-0.25, -0.2) is 0 Å². The van der Waals surface area contributed by atoms with E-state index in [4.69, 9.17) is 18.9 Å². The maximum absolute atomic E-state index is 12.9. The Morgan fingerprint density at radius 1 is 0.939 bits per heavy atom. The summed E-state index contributed by atoms with van der Waals surface area (Å²) in [6.07, 6.45) is 0.677. The molecule has 2 rings (SSSR count). The van der Waals surface area contributed by atoms with Crippen LogP contribution in [0.3, 0.4) is 0 Å². The van der Waals surface area contributed by atoms with Gasteiger partial charge in [-0.3, -0.25) is 9.59 Å². The van der Waals surface area contributed by atoms with Gasteiger partial charge in [0, 0.05) is 11.6 Å². The van der Waals surface area contributed by atoms with E-state index >= 15 is 0 Å². The Morgan fingerprint density at radius 3 is 2.12 bits per heavy atom. The summed E-state index contributed by atoms with van der Waals surface area (Å²) in [5, 5.41) is 0. The summed E-state index contributed by atoms with van der Waals surface area (Å²) in [6, 6.07) is 11.9. The van der Waals surface area contributed by atoms with Crippen molar-refractivity contribution in [2.45, 2.75) is 34.1 Å². The minimum absolute atomic E-state index is 0.00580. The third-order valence-electron chi connectivity index (χ3n) is 5.06. The predicted molar refractivity (Wildman–Crippen MR) is 128 cm³/mol. The van der Waals surface area contributed by atoms with Gasteiger partial charge in [-0.2, -0.15) is 0 Å². The van der Waals surface area contributed by atoms with Gasteiger partial charge in [-0.1, -0.05) is 32.9 Å². The molecule has 2 aromatic carbocycles. The van der Waals surface area contributed by atoms with Crippen molar-refractivity contribution in [3.8, 4) is 17.2 Å². The van der Waals surface area contributed by atoms with Crippen LogP contribution in [0.2, 0.25) is 0 Å². The van der Waals surface area contributed by atoms with E-state index < -0.39 is 0 Å². The molecule has 1 atom stereocenters. The van der Waals surface area contributed by atoms with Gasteiger partial charge in [-0.15, -0.1) is 0 Å². The first-order valence-corrected chi connectivity index (χ1v) is 10.9. The monoisotopic (exact) mass is 454 g/mol. The van der Waals surface area contributed by atoms with E-state index in [0.717, 1.165) is 5.57 Å². The van der Waals surface area contributed by atoms with Crippen molar-refractivity contribution in [3.63, 3.8) is 0 Å². The van der Waals surface area contributed by atoms with Gasteiger partial charge in [0.1, 0.15) is 30.5 Å². The lowest BCUT2D eigenvalue weighted by Crippen LogP contribution is -2.25. The molecular weight excluding hydrogens is 420 g/mol. The van der Waals surface area contributed by atoms with Crippen molar-refractivity contribution < 1.29 is 28.5 Å². The number of hydrogen-bond acceptors (Lipinski definition) is 6. The van der Waals surface area contributed by atoms with E-state index in [2.05, 4.69) is 27.4 Å². The van der Waals surface area contributed by atoms with Gasteiger partial charge in [0.15, 0.2) is 5.78 Å². The third-order valence-corrected chi connectivity index (χ3v) is 5.06. The number of carbonyl (C=O) groups is 2.